The Morgan fingerprint density at radius 1 is 1.45 bits per heavy atom. The molecule has 1 aromatic heterocycles. The fourth-order valence-electron chi connectivity index (χ4n) is 1.86. The second-order valence-electron chi connectivity index (χ2n) is 5.10. The lowest BCUT2D eigenvalue weighted by atomic mass is 10.3. The van der Waals surface area contributed by atoms with Crippen LogP contribution >= 0.6 is 11.3 Å². The maximum absolute atomic E-state index is 11.8. The first-order valence-corrected chi connectivity index (χ1v) is 7.66. The van der Waals surface area contributed by atoms with Gasteiger partial charge in [-0.3, -0.25) is 0 Å². The summed E-state index contributed by atoms with van der Waals surface area (Å²) in [4.78, 5) is 16.2. The Balaban J connectivity index is 1.51. The van der Waals surface area contributed by atoms with Gasteiger partial charge in [0.25, 0.3) is 0 Å². The summed E-state index contributed by atoms with van der Waals surface area (Å²) >= 11 is 1.55. The summed E-state index contributed by atoms with van der Waals surface area (Å²) in [5, 5.41) is 0.814. The van der Waals surface area contributed by atoms with E-state index in [-0.39, 0.29) is 12.6 Å². The van der Waals surface area contributed by atoms with Crippen LogP contribution in [0, 0.1) is 5.92 Å². The van der Waals surface area contributed by atoms with E-state index < -0.39 is 6.10 Å². The number of thiazole rings is 1. The number of aromatic nitrogens is 1. The Morgan fingerprint density at radius 2 is 2.25 bits per heavy atom. The highest BCUT2D eigenvalue weighted by molar-refractivity contribution is 7.18. The number of nitrogens with zero attached hydrogens (tertiary/aromatic N) is 1. The van der Waals surface area contributed by atoms with E-state index in [1.807, 2.05) is 24.3 Å². The van der Waals surface area contributed by atoms with E-state index in [1.165, 1.54) is 12.8 Å². The fourth-order valence-corrected chi connectivity index (χ4v) is 2.75. The Bertz CT molecular complexity index is 573. The molecule has 1 aliphatic carbocycles. The number of ether oxygens (including phenoxy) is 2. The number of rotatable bonds is 6. The SMILES string of the molecule is CC(OCC1CC1)C(=O)OCc1nc2ccccc2s1. The second kappa shape index (κ2) is 5.89. The molecule has 1 aliphatic rings. The van der Waals surface area contributed by atoms with Crippen molar-refractivity contribution in [3.05, 3.63) is 29.3 Å². The summed E-state index contributed by atoms with van der Waals surface area (Å²) in [7, 11) is 0. The van der Waals surface area contributed by atoms with E-state index >= 15 is 0 Å². The highest BCUT2D eigenvalue weighted by Gasteiger charge is 2.24. The zero-order chi connectivity index (χ0) is 13.9. The van der Waals surface area contributed by atoms with Crippen molar-refractivity contribution in [3.63, 3.8) is 0 Å². The molecule has 0 saturated heterocycles. The first-order valence-electron chi connectivity index (χ1n) is 6.85. The maximum Gasteiger partial charge on any atom is 0.335 e. The smallest absolute Gasteiger partial charge is 0.335 e. The number of carbonyl (C=O) groups is 1. The number of hydrogen-bond acceptors (Lipinski definition) is 5. The number of fused-ring (bicyclic) bond motifs is 1. The molecule has 1 atom stereocenters. The molecule has 0 amide bonds. The highest BCUT2D eigenvalue weighted by Crippen LogP contribution is 2.29. The third kappa shape index (κ3) is 3.35. The molecule has 106 valence electrons. The average molecular weight is 291 g/mol. The quantitative estimate of drug-likeness (QED) is 0.767. The van der Waals surface area contributed by atoms with Gasteiger partial charge in [-0.2, -0.15) is 0 Å². The van der Waals surface area contributed by atoms with Crippen LogP contribution in [0.1, 0.15) is 24.8 Å². The first-order chi connectivity index (χ1) is 9.72. The average Bonchev–Trinajstić information content (AvgIpc) is 3.19. The van der Waals surface area contributed by atoms with Crippen molar-refractivity contribution in [3.8, 4) is 0 Å². The fraction of sp³-hybridized carbons (Fsp3) is 0.467. The monoisotopic (exact) mass is 291 g/mol. The second-order valence-corrected chi connectivity index (χ2v) is 6.22. The zero-order valence-corrected chi connectivity index (χ0v) is 12.2. The topological polar surface area (TPSA) is 48.4 Å². The first kappa shape index (κ1) is 13.5. The molecular formula is C15H17NO3S. The van der Waals surface area contributed by atoms with Crippen molar-refractivity contribution in [2.45, 2.75) is 32.5 Å². The molecule has 0 bridgehead atoms. The van der Waals surface area contributed by atoms with Crippen molar-refractivity contribution in [1.82, 2.24) is 4.98 Å². The van der Waals surface area contributed by atoms with E-state index in [1.54, 1.807) is 18.3 Å². The summed E-state index contributed by atoms with van der Waals surface area (Å²) in [6, 6.07) is 7.90. The van der Waals surface area contributed by atoms with Gasteiger partial charge in [-0.25, -0.2) is 9.78 Å². The number of hydrogen-bond donors (Lipinski definition) is 0. The molecule has 0 radical (unpaired) electrons. The molecule has 0 aliphatic heterocycles. The number of carbonyl (C=O) groups excluding carboxylic acids is 1. The van der Waals surface area contributed by atoms with Crippen LogP contribution in [0.5, 0.6) is 0 Å². The minimum absolute atomic E-state index is 0.218. The standard InChI is InChI=1S/C15H17NO3S/c1-10(18-8-11-6-7-11)15(17)19-9-14-16-12-4-2-3-5-13(12)20-14/h2-5,10-11H,6-9H2,1H3. The van der Waals surface area contributed by atoms with Crippen LogP contribution in [-0.4, -0.2) is 23.7 Å². The van der Waals surface area contributed by atoms with Crippen LogP contribution in [0.3, 0.4) is 0 Å². The molecule has 1 fully saturated rings. The van der Waals surface area contributed by atoms with Gasteiger partial charge in [0.05, 0.1) is 16.8 Å². The van der Waals surface area contributed by atoms with Crippen molar-refractivity contribution in [2.24, 2.45) is 5.92 Å². The predicted octanol–water partition coefficient (Wildman–Crippen LogP) is 3.15. The van der Waals surface area contributed by atoms with Gasteiger partial charge >= 0.3 is 5.97 Å². The van der Waals surface area contributed by atoms with Crippen LogP contribution in [0.25, 0.3) is 10.2 Å². The van der Waals surface area contributed by atoms with Gasteiger partial charge in [-0.1, -0.05) is 12.1 Å². The van der Waals surface area contributed by atoms with Crippen LogP contribution in [-0.2, 0) is 20.9 Å². The Kier molecular flexibility index (Phi) is 3.98. The van der Waals surface area contributed by atoms with Gasteiger partial charge in [0.2, 0.25) is 0 Å². The van der Waals surface area contributed by atoms with Crippen LogP contribution in [0.4, 0.5) is 0 Å². The van der Waals surface area contributed by atoms with Crippen LogP contribution < -0.4 is 0 Å². The van der Waals surface area contributed by atoms with E-state index in [0.29, 0.717) is 12.5 Å². The van der Waals surface area contributed by atoms with Gasteiger partial charge in [0, 0.05) is 0 Å². The summed E-state index contributed by atoms with van der Waals surface area (Å²) in [5.41, 5.74) is 0.946. The van der Waals surface area contributed by atoms with Gasteiger partial charge in [-0.05, 0) is 37.8 Å². The summed E-state index contributed by atoms with van der Waals surface area (Å²) in [6.07, 6.45) is 1.94. The molecule has 1 unspecified atom stereocenters. The summed E-state index contributed by atoms with van der Waals surface area (Å²) in [6.45, 7) is 2.62. The van der Waals surface area contributed by atoms with Crippen molar-refractivity contribution in [2.75, 3.05) is 6.61 Å². The van der Waals surface area contributed by atoms with Crippen molar-refractivity contribution in [1.29, 1.82) is 0 Å². The Hall–Kier alpha value is -1.46. The van der Waals surface area contributed by atoms with Gasteiger partial charge in [0.15, 0.2) is 6.10 Å². The molecule has 5 heteroatoms. The molecule has 1 aromatic carbocycles. The zero-order valence-electron chi connectivity index (χ0n) is 11.4. The normalized spacial score (nSPS) is 16.2. The minimum atomic E-state index is -0.495. The number of para-hydroxylation sites is 1. The van der Waals surface area contributed by atoms with Gasteiger partial charge < -0.3 is 9.47 Å². The molecule has 2 aromatic rings. The predicted molar refractivity (Wildman–Crippen MR) is 77.6 cm³/mol. The molecule has 4 nitrogen and oxygen atoms in total. The van der Waals surface area contributed by atoms with E-state index in [2.05, 4.69) is 4.98 Å². The third-order valence-corrected chi connectivity index (χ3v) is 4.30. The van der Waals surface area contributed by atoms with E-state index in [0.717, 1.165) is 15.2 Å². The molecule has 0 N–H and O–H groups in total. The molecule has 1 heterocycles. The molecule has 3 rings (SSSR count). The van der Waals surface area contributed by atoms with Crippen LogP contribution in [0.15, 0.2) is 24.3 Å². The van der Waals surface area contributed by atoms with Crippen LogP contribution in [0.2, 0.25) is 0 Å². The van der Waals surface area contributed by atoms with Gasteiger partial charge in [0.1, 0.15) is 11.6 Å². The van der Waals surface area contributed by atoms with Crippen molar-refractivity contribution >= 4 is 27.5 Å². The lowest BCUT2D eigenvalue weighted by molar-refractivity contribution is -0.157. The molecular weight excluding hydrogens is 274 g/mol. The Labute approximate surface area is 121 Å². The van der Waals surface area contributed by atoms with Crippen molar-refractivity contribution < 1.29 is 14.3 Å². The Morgan fingerprint density at radius 3 is 3.00 bits per heavy atom. The minimum Gasteiger partial charge on any atom is -0.456 e. The summed E-state index contributed by atoms with van der Waals surface area (Å²) < 4.78 is 11.8. The van der Waals surface area contributed by atoms with Gasteiger partial charge in [-0.15, -0.1) is 11.3 Å². The molecule has 0 spiro atoms. The largest absolute Gasteiger partial charge is 0.456 e. The molecule has 20 heavy (non-hydrogen) atoms. The maximum atomic E-state index is 11.8. The van der Waals surface area contributed by atoms with E-state index in [9.17, 15) is 4.79 Å². The lowest BCUT2D eigenvalue weighted by Gasteiger charge is -2.11. The lowest BCUT2D eigenvalue weighted by Crippen LogP contribution is -2.24. The molecule has 1 saturated carbocycles. The third-order valence-electron chi connectivity index (χ3n) is 3.29. The number of benzene rings is 1. The number of esters is 1. The van der Waals surface area contributed by atoms with E-state index in [4.69, 9.17) is 9.47 Å². The highest BCUT2D eigenvalue weighted by atomic mass is 32.1. The summed E-state index contributed by atoms with van der Waals surface area (Å²) in [5.74, 6) is 0.333.